The van der Waals surface area contributed by atoms with Crippen molar-refractivity contribution in [2.75, 3.05) is 13.2 Å². The first-order chi connectivity index (χ1) is 9.80. The summed E-state index contributed by atoms with van der Waals surface area (Å²) in [5, 5.41) is 0. The summed E-state index contributed by atoms with van der Waals surface area (Å²) in [6, 6.07) is 0. The van der Waals surface area contributed by atoms with Crippen LogP contribution >= 0.6 is 0 Å². The van der Waals surface area contributed by atoms with E-state index in [1.165, 1.54) is 0 Å². The monoisotopic (exact) mass is 296 g/mol. The van der Waals surface area contributed by atoms with Crippen molar-refractivity contribution in [1.29, 1.82) is 0 Å². The van der Waals surface area contributed by atoms with Gasteiger partial charge in [-0.2, -0.15) is 0 Å². The average Bonchev–Trinajstić information content (AvgIpc) is 3.05. The quantitative estimate of drug-likeness (QED) is 0.747. The maximum Gasteiger partial charge on any atom is 0.306 e. The fourth-order valence-corrected chi connectivity index (χ4v) is 4.70. The number of fused-ring (bicyclic) bond motifs is 1. The van der Waals surface area contributed by atoms with Crippen LogP contribution < -0.4 is 0 Å². The van der Waals surface area contributed by atoms with Crippen molar-refractivity contribution in [3.8, 4) is 0 Å². The standard InChI is InChI=1S/C17H28O4/c1-12(2)17-8-6-15(3,13(17)11-14(18)21-17)5-7-16(4)19-9-10-20-16/h12-13H,5-11H2,1-4H3/t13-,15+,17-/m1/s1. The van der Waals surface area contributed by atoms with E-state index in [2.05, 4.69) is 20.8 Å². The fourth-order valence-electron chi connectivity index (χ4n) is 4.70. The summed E-state index contributed by atoms with van der Waals surface area (Å²) in [6.45, 7) is 10.1. The van der Waals surface area contributed by atoms with Gasteiger partial charge in [-0.25, -0.2) is 0 Å². The van der Waals surface area contributed by atoms with Crippen LogP contribution in [0.3, 0.4) is 0 Å². The molecule has 3 fully saturated rings. The van der Waals surface area contributed by atoms with Crippen LogP contribution in [0, 0.1) is 17.3 Å². The van der Waals surface area contributed by atoms with Crippen molar-refractivity contribution in [3.63, 3.8) is 0 Å². The van der Waals surface area contributed by atoms with Gasteiger partial charge in [0.15, 0.2) is 5.79 Å². The van der Waals surface area contributed by atoms with E-state index in [9.17, 15) is 4.79 Å². The second-order valence-corrected chi connectivity index (χ2v) is 7.83. The predicted octanol–water partition coefficient (Wildman–Crippen LogP) is 3.29. The van der Waals surface area contributed by atoms with E-state index in [1.54, 1.807) is 0 Å². The molecule has 2 saturated heterocycles. The highest BCUT2D eigenvalue weighted by molar-refractivity contribution is 5.73. The molecule has 0 radical (unpaired) electrons. The molecule has 4 heteroatoms. The van der Waals surface area contributed by atoms with E-state index in [0.29, 0.717) is 31.5 Å². The number of carbonyl (C=O) groups is 1. The van der Waals surface area contributed by atoms with Crippen LogP contribution in [-0.4, -0.2) is 30.6 Å². The minimum atomic E-state index is -0.435. The molecule has 0 N–H and O–H groups in total. The molecule has 1 saturated carbocycles. The average molecular weight is 296 g/mol. The summed E-state index contributed by atoms with van der Waals surface area (Å²) in [7, 11) is 0. The van der Waals surface area contributed by atoms with Gasteiger partial charge in [-0.3, -0.25) is 4.79 Å². The number of ether oxygens (including phenoxy) is 3. The molecule has 0 aromatic carbocycles. The molecule has 3 atom stereocenters. The van der Waals surface area contributed by atoms with Crippen molar-refractivity contribution in [3.05, 3.63) is 0 Å². The van der Waals surface area contributed by atoms with Gasteiger partial charge < -0.3 is 14.2 Å². The minimum absolute atomic E-state index is 0.0146. The zero-order valence-electron chi connectivity index (χ0n) is 13.7. The summed E-state index contributed by atoms with van der Waals surface area (Å²) >= 11 is 0. The Labute approximate surface area is 127 Å². The molecule has 0 aromatic rings. The Hall–Kier alpha value is -0.610. The van der Waals surface area contributed by atoms with Gasteiger partial charge in [0.05, 0.1) is 19.6 Å². The molecule has 0 aromatic heterocycles. The smallest absolute Gasteiger partial charge is 0.306 e. The lowest BCUT2D eigenvalue weighted by Crippen LogP contribution is -2.41. The van der Waals surface area contributed by atoms with Crippen LogP contribution in [0.25, 0.3) is 0 Å². The lowest BCUT2D eigenvalue weighted by Gasteiger charge is -2.38. The molecule has 2 aliphatic heterocycles. The molecule has 21 heavy (non-hydrogen) atoms. The van der Waals surface area contributed by atoms with Crippen LogP contribution in [0.1, 0.15) is 59.8 Å². The summed E-state index contributed by atoms with van der Waals surface area (Å²) in [5.74, 6) is 0.266. The minimum Gasteiger partial charge on any atom is -0.458 e. The molecular weight excluding hydrogens is 268 g/mol. The molecule has 0 spiro atoms. The van der Waals surface area contributed by atoms with E-state index in [1.807, 2.05) is 6.92 Å². The SMILES string of the molecule is CC(C)[C@]12CC[C@](C)(CCC3(C)OCCO3)[C@H]1CC(=O)O2. The first kappa shape index (κ1) is 15.3. The highest BCUT2D eigenvalue weighted by atomic mass is 16.7. The second kappa shape index (κ2) is 4.95. The molecule has 0 bridgehead atoms. The Kier molecular flexibility index (Phi) is 3.61. The molecule has 0 amide bonds. The molecule has 4 nitrogen and oxygen atoms in total. The fraction of sp³-hybridized carbons (Fsp3) is 0.941. The Balaban J connectivity index is 1.74. The van der Waals surface area contributed by atoms with Crippen molar-refractivity contribution in [2.45, 2.75) is 71.2 Å². The van der Waals surface area contributed by atoms with E-state index in [-0.39, 0.29) is 17.0 Å². The maximum absolute atomic E-state index is 11.9. The highest BCUT2D eigenvalue weighted by Gasteiger charge is 2.62. The first-order valence-electron chi connectivity index (χ1n) is 8.29. The van der Waals surface area contributed by atoms with Crippen LogP contribution in [-0.2, 0) is 19.0 Å². The van der Waals surface area contributed by atoms with E-state index in [0.717, 1.165) is 25.7 Å². The van der Waals surface area contributed by atoms with Gasteiger partial charge >= 0.3 is 5.97 Å². The molecule has 1 aliphatic carbocycles. The zero-order valence-corrected chi connectivity index (χ0v) is 13.7. The lowest BCUT2D eigenvalue weighted by atomic mass is 9.69. The first-order valence-corrected chi connectivity index (χ1v) is 8.29. The predicted molar refractivity (Wildman–Crippen MR) is 78.7 cm³/mol. The van der Waals surface area contributed by atoms with Crippen molar-refractivity contribution in [1.82, 2.24) is 0 Å². The summed E-state index contributed by atoms with van der Waals surface area (Å²) < 4.78 is 17.3. The van der Waals surface area contributed by atoms with Gasteiger partial charge in [-0.1, -0.05) is 20.8 Å². The molecule has 120 valence electrons. The number of hydrogen-bond acceptors (Lipinski definition) is 4. The summed E-state index contributed by atoms with van der Waals surface area (Å²) in [6.07, 6.45) is 4.62. The second-order valence-electron chi connectivity index (χ2n) is 7.83. The van der Waals surface area contributed by atoms with Gasteiger partial charge in [-0.15, -0.1) is 0 Å². The van der Waals surface area contributed by atoms with Gasteiger partial charge in [0.25, 0.3) is 0 Å². The summed E-state index contributed by atoms with van der Waals surface area (Å²) in [5.41, 5.74) is -0.0844. The van der Waals surface area contributed by atoms with Crippen LogP contribution in [0.2, 0.25) is 0 Å². The Morgan fingerprint density at radius 2 is 1.81 bits per heavy atom. The highest BCUT2D eigenvalue weighted by Crippen LogP contribution is 2.60. The Morgan fingerprint density at radius 3 is 2.43 bits per heavy atom. The van der Waals surface area contributed by atoms with Gasteiger partial charge in [0, 0.05) is 12.3 Å². The van der Waals surface area contributed by atoms with Crippen molar-refractivity contribution < 1.29 is 19.0 Å². The number of hydrogen-bond donors (Lipinski definition) is 0. The zero-order chi connectivity index (χ0) is 15.3. The van der Waals surface area contributed by atoms with E-state index < -0.39 is 5.79 Å². The number of rotatable bonds is 4. The van der Waals surface area contributed by atoms with Crippen LogP contribution in [0.4, 0.5) is 0 Å². The Bertz CT molecular complexity index is 427. The normalized spacial score (nSPS) is 41.6. The largest absolute Gasteiger partial charge is 0.458 e. The molecule has 3 rings (SSSR count). The third-order valence-electron chi connectivity index (χ3n) is 6.22. The molecule has 0 unspecified atom stereocenters. The van der Waals surface area contributed by atoms with E-state index >= 15 is 0 Å². The maximum atomic E-state index is 11.9. The molecule has 3 aliphatic rings. The van der Waals surface area contributed by atoms with Crippen LogP contribution in [0.5, 0.6) is 0 Å². The van der Waals surface area contributed by atoms with Gasteiger partial charge in [0.2, 0.25) is 0 Å². The summed E-state index contributed by atoms with van der Waals surface area (Å²) in [4.78, 5) is 11.9. The van der Waals surface area contributed by atoms with E-state index in [4.69, 9.17) is 14.2 Å². The molecular formula is C17H28O4. The van der Waals surface area contributed by atoms with Gasteiger partial charge in [-0.05, 0) is 37.5 Å². The topological polar surface area (TPSA) is 44.8 Å². The van der Waals surface area contributed by atoms with Crippen molar-refractivity contribution >= 4 is 5.97 Å². The lowest BCUT2D eigenvalue weighted by molar-refractivity contribution is -0.156. The number of carbonyl (C=O) groups excluding carboxylic acids is 1. The third-order valence-corrected chi connectivity index (χ3v) is 6.22. The number of esters is 1. The van der Waals surface area contributed by atoms with Crippen molar-refractivity contribution in [2.24, 2.45) is 17.3 Å². The third kappa shape index (κ3) is 2.40. The van der Waals surface area contributed by atoms with Crippen LogP contribution in [0.15, 0.2) is 0 Å². The Morgan fingerprint density at radius 1 is 1.14 bits per heavy atom. The molecule has 2 heterocycles. The van der Waals surface area contributed by atoms with Gasteiger partial charge in [0.1, 0.15) is 5.60 Å².